The van der Waals surface area contributed by atoms with E-state index in [1.54, 1.807) is 12.3 Å². The third-order valence-corrected chi connectivity index (χ3v) is 6.87. The van der Waals surface area contributed by atoms with E-state index in [0.29, 0.717) is 12.1 Å². The normalized spacial score (nSPS) is 21.7. The van der Waals surface area contributed by atoms with Gasteiger partial charge in [-0.05, 0) is 62.6 Å². The Morgan fingerprint density at radius 1 is 1.17 bits per heavy atom. The molecule has 1 fully saturated rings. The molecule has 0 amide bonds. The quantitative estimate of drug-likeness (QED) is 0.590. The molecule has 2 unspecified atom stereocenters. The highest BCUT2D eigenvalue weighted by Crippen LogP contribution is 2.47. The summed E-state index contributed by atoms with van der Waals surface area (Å²) >= 11 is 0. The fraction of sp³-hybridized carbons (Fsp3) is 0.458. The highest BCUT2D eigenvalue weighted by Gasteiger charge is 2.40. The number of pyridine rings is 1. The summed E-state index contributed by atoms with van der Waals surface area (Å²) in [4.78, 5) is 6.55. The zero-order valence-corrected chi connectivity index (χ0v) is 17.3. The Morgan fingerprint density at radius 2 is 2.00 bits per heavy atom. The van der Waals surface area contributed by atoms with Gasteiger partial charge >= 0.3 is 0 Å². The van der Waals surface area contributed by atoms with Crippen LogP contribution in [0.3, 0.4) is 0 Å². The van der Waals surface area contributed by atoms with Gasteiger partial charge in [-0.2, -0.15) is 8.78 Å². The Balaban J connectivity index is 1.50. The van der Waals surface area contributed by atoms with E-state index in [2.05, 4.69) is 46.6 Å². The van der Waals surface area contributed by atoms with Crippen molar-refractivity contribution in [2.24, 2.45) is 0 Å². The molecular weight excluding hydrogens is 368 g/mol. The van der Waals surface area contributed by atoms with Gasteiger partial charge in [-0.15, -0.1) is 0 Å². The van der Waals surface area contributed by atoms with Gasteiger partial charge in [0, 0.05) is 54.8 Å². The number of hydrogen-bond donors (Lipinski definition) is 0. The van der Waals surface area contributed by atoms with Gasteiger partial charge in [0.2, 0.25) is 0 Å². The lowest BCUT2D eigenvalue weighted by Gasteiger charge is -2.32. The first-order valence-corrected chi connectivity index (χ1v) is 10.5. The second-order valence-electron chi connectivity index (χ2n) is 8.84. The van der Waals surface area contributed by atoms with Crippen molar-refractivity contribution in [2.45, 2.75) is 64.1 Å². The monoisotopic (exact) mass is 395 g/mol. The van der Waals surface area contributed by atoms with Crippen LogP contribution in [-0.4, -0.2) is 27.5 Å². The Labute approximate surface area is 170 Å². The lowest BCUT2D eigenvalue weighted by molar-refractivity contribution is 0.0127. The summed E-state index contributed by atoms with van der Waals surface area (Å²) < 4.78 is 29.3. The summed E-state index contributed by atoms with van der Waals surface area (Å²) in [7, 11) is 2.26. The van der Waals surface area contributed by atoms with E-state index >= 15 is 0 Å². The lowest BCUT2D eigenvalue weighted by atomic mass is 9.97. The van der Waals surface area contributed by atoms with Crippen LogP contribution in [0.1, 0.15) is 53.9 Å². The van der Waals surface area contributed by atoms with Gasteiger partial charge < -0.3 is 4.57 Å². The van der Waals surface area contributed by atoms with E-state index < -0.39 is 5.92 Å². The van der Waals surface area contributed by atoms with Crippen molar-refractivity contribution in [2.75, 3.05) is 7.05 Å². The van der Waals surface area contributed by atoms with E-state index in [4.69, 9.17) is 0 Å². The average Bonchev–Trinajstić information content (AvgIpc) is 3.09. The van der Waals surface area contributed by atoms with E-state index in [0.717, 1.165) is 31.9 Å². The van der Waals surface area contributed by atoms with Crippen molar-refractivity contribution < 1.29 is 8.78 Å². The molecule has 2 aromatic heterocycles. The SMILES string of the molecule is Cc1ccc2c(c1)c1c(n2CCc2ccc(C(C)(F)F)nc2)CC2CCC1N2C. The summed E-state index contributed by atoms with van der Waals surface area (Å²) in [6.07, 6.45) is 5.98. The zero-order valence-electron chi connectivity index (χ0n) is 17.3. The Hall–Kier alpha value is -2.27. The first-order valence-electron chi connectivity index (χ1n) is 10.5. The van der Waals surface area contributed by atoms with Crippen molar-refractivity contribution in [3.63, 3.8) is 0 Å². The van der Waals surface area contributed by atoms with Gasteiger partial charge in [-0.25, -0.2) is 0 Å². The maximum absolute atomic E-state index is 13.4. The maximum atomic E-state index is 13.4. The van der Waals surface area contributed by atoms with Crippen LogP contribution in [0.4, 0.5) is 8.78 Å². The van der Waals surface area contributed by atoms with Crippen LogP contribution >= 0.6 is 0 Å². The van der Waals surface area contributed by atoms with Gasteiger partial charge in [0.25, 0.3) is 5.92 Å². The molecule has 2 atom stereocenters. The number of benzene rings is 1. The lowest BCUT2D eigenvalue weighted by Crippen LogP contribution is -2.34. The van der Waals surface area contributed by atoms with Crippen LogP contribution in [0.15, 0.2) is 36.5 Å². The molecule has 0 aliphatic carbocycles. The van der Waals surface area contributed by atoms with Crippen LogP contribution in [-0.2, 0) is 25.3 Å². The fourth-order valence-electron chi connectivity index (χ4n) is 5.30. The topological polar surface area (TPSA) is 21.1 Å². The van der Waals surface area contributed by atoms with E-state index in [1.165, 1.54) is 46.6 Å². The number of aryl methyl sites for hydroxylation is 3. The first-order chi connectivity index (χ1) is 13.8. The van der Waals surface area contributed by atoms with Crippen molar-refractivity contribution in [1.29, 1.82) is 0 Å². The third kappa shape index (κ3) is 3.07. The highest BCUT2D eigenvalue weighted by atomic mass is 19.3. The van der Waals surface area contributed by atoms with Crippen LogP contribution in [0.25, 0.3) is 10.9 Å². The molecule has 2 bridgehead atoms. The van der Waals surface area contributed by atoms with Crippen LogP contribution < -0.4 is 0 Å². The molecule has 0 saturated carbocycles. The van der Waals surface area contributed by atoms with Gasteiger partial charge in [-0.1, -0.05) is 17.7 Å². The van der Waals surface area contributed by atoms with Gasteiger partial charge in [-0.3, -0.25) is 9.88 Å². The molecule has 1 saturated heterocycles. The average molecular weight is 395 g/mol. The number of likely N-dealkylation sites (N-methyl/N-ethyl adjacent to an activating group) is 1. The van der Waals surface area contributed by atoms with E-state index in [1.807, 2.05) is 0 Å². The molecule has 3 nitrogen and oxygen atoms in total. The molecule has 0 radical (unpaired) electrons. The molecule has 4 heterocycles. The third-order valence-electron chi connectivity index (χ3n) is 6.87. The molecule has 3 aromatic rings. The second kappa shape index (κ2) is 6.63. The Kier molecular flexibility index (Phi) is 4.28. The number of alkyl halides is 2. The number of rotatable bonds is 4. The zero-order chi connectivity index (χ0) is 20.3. The van der Waals surface area contributed by atoms with Crippen LogP contribution in [0.2, 0.25) is 0 Å². The number of hydrogen-bond acceptors (Lipinski definition) is 2. The van der Waals surface area contributed by atoms with E-state index in [-0.39, 0.29) is 5.69 Å². The molecule has 0 spiro atoms. The van der Waals surface area contributed by atoms with Gasteiger partial charge in [0.1, 0.15) is 5.69 Å². The molecule has 152 valence electrons. The van der Waals surface area contributed by atoms with Crippen molar-refractivity contribution in [1.82, 2.24) is 14.5 Å². The number of aromatic nitrogens is 2. The summed E-state index contributed by atoms with van der Waals surface area (Å²) in [5.41, 5.74) is 6.41. The molecule has 29 heavy (non-hydrogen) atoms. The number of halogens is 2. The van der Waals surface area contributed by atoms with Gasteiger partial charge in [0.05, 0.1) is 0 Å². The molecule has 5 heteroatoms. The smallest absolute Gasteiger partial charge is 0.286 e. The number of nitrogens with zero attached hydrogens (tertiary/aromatic N) is 3. The van der Waals surface area contributed by atoms with Crippen molar-refractivity contribution in [3.8, 4) is 0 Å². The molecule has 1 aromatic carbocycles. The standard InChI is InChI=1S/C24H27F2N3/c1-15-4-7-19-18(12-15)23-20-8-6-17(28(20)3)13-21(23)29(19)11-10-16-5-9-22(27-14-16)24(2,25)26/h4-5,7,9,12,14,17,20H,6,8,10-11,13H2,1-3H3. The Bertz CT molecular complexity index is 1060. The summed E-state index contributed by atoms with van der Waals surface area (Å²) in [5, 5.41) is 1.39. The fourth-order valence-corrected chi connectivity index (χ4v) is 5.30. The summed E-state index contributed by atoms with van der Waals surface area (Å²) in [5.74, 6) is -2.89. The van der Waals surface area contributed by atoms with Crippen LogP contribution in [0.5, 0.6) is 0 Å². The largest absolute Gasteiger partial charge is 0.344 e. The first kappa shape index (κ1) is 18.7. The molecule has 2 aliphatic rings. The van der Waals surface area contributed by atoms with Crippen molar-refractivity contribution in [3.05, 3.63) is 64.6 Å². The minimum absolute atomic E-state index is 0.167. The maximum Gasteiger partial charge on any atom is 0.286 e. The number of fused-ring (bicyclic) bond motifs is 6. The second-order valence-corrected chi connectivity index (χ2v) is 8.84. The van der Waals surface area contributed by atoms with Gasteiger partial charge in [0.15, 0.2) is 0 Å². The van der Waals surface area contributed by atoms with E-state index in [9.17, 15) is 8.78 Å². The predicted octanol–water partition coefficient (Wildman–Crippen LogP) is 5.39. The minimum atomic E-state index is -2.89. The molecule has 5 rings (SSSR count). The minimum Gasteiger partial charge on any atom is -0.344 e. The predicted molar refractivity (Wildman–Crippen MR) is 111 cm³/mol. The van der Waals surface area contributed by atoms with Crippen LogP contribution in [0, 0.1) is 6.92 Å². The molecule has 0 N–H and O–H groups in total. The highest BCUT2D eigenvalue weighted by molar-refractivity contribution is 5.87. The summed E-state index contributed by atoms with van der Waals surface area (Å²) in [6.45, 7) is 3.89. The Morgan fingerprint density at radius 3 is 2.72 bits per heavy atom. The van der Waals surface area contributed by atoms with Crippen molar-refractivity contribution >= 4 is 10.9 Å². The molecule has 2 aliphatic heterocycles. The summed E-state index contributed by atoms with van der Waals surface area (Å²) in [6, 6.07) is 11.2. The molecular formula is C24H27F2N3.